The van der Waals surface area contributed by atoms with Gasteiger partial charge in [-0.1, -0.05) is 29.0 Å². The van der Waals surface area contributed by atoms with Gasteiger partial charge < -0.3 is 15.0 Å². The molecule has 1 aromatic heterocycles. The Bertz CT molecular complexity index is 1120. The van der Waals surface area contributed by atoms with Crippen molar-refractivity contribution >= 4 is 50.2 Å². The number of hydrogen-bond acceptors (Lipinski definition) is 6. The van der Waals surface area contributed by atoms with Gasteiger partial charge in [0.2, 0.25) is 11.8 Å². The molecule has 4 rings (SSSR count). The molecule has 0 aliphatic carbocycles. The van der Waals surface area contributed by atoms with Crippen molar-refractivity contribution < 1.29 is 19.1 Å². The van der Waals surface area contributed by atoms with Gasteiger partial charge >= 0.3 is 5.97 Å². The number of nitrogens with zero attached hydrogens (tertiary/aromatic N) is 2. The zero-order valence-corrected chi connectivity index (χ0v) is 17.5. The van der Waals surface area contributed by atoms with Crippen molar-refractivity contribution in [3.63, 3.8) is 0 Å². The second-order valence-electron chi connectivity index (χ2n) is 7.15. The quantitative estimate of drug-likeness (QED) is 0.631. The number of nitrogens with one attached hydrogen (secondary N) is 1. The number of amides is 2. The number of rotatable bonds is 5. The van der Waals surface area contributed by atoms with Crippen LogP contribution in [0.2, 0.25) is 0 Å². The highest BCUT2D eigenvalue weighted by Gasteiger charge is 2.35. The van der Waals surface area contributed by atoms with Crippen LogP contribution in [-0.2, 0) is 14.3 Å². The van der Waals surface area contributed by atoms with Gasteiger partial charge in [0.15, 0.2) is 5.13 Å². The molecule has 2 aromatic carbocycles. The first-order valence-corrected chi connectivity index (χ1v) is 10.5. The molecule has 2 amide bonds. The number of carbonyl (C=O) groups excluding carboxylic acids is 3. The maximum Gasteiger partial charge on any atom is 0.338 e. The molecule has 0 bridgehead atoms. The Labute approximate surface area is 177 Å². The predicted octanol–water partition coefficient (Wildman–Crippen LogP) is 3.77. The Hall–Kier alpha value is -3.26. The number of hydrogen-bond donors (Lipinski definition) is 1. The molecule has 1 aliphatic heterocycles. The fourth-order valence-electron chi connectivity index (χ4n) is 3.38. The second kappa shape index (κ2) is 8.23. The molecule has 1 fully saturated rings. The molecule has 30 heavy (non-hydrogen) atoms. The molecule has 0 radical (unpaired) electrons. The zero-order chi connectivity index (χ0) is 21.3. The highest BCUT2D eigenvalue weighted by Crippen LogP contribution is 2.30. The highest BCUT2D eigenvalue weighted by atomic mass is 32.1. The molecule has 1 unspecified atom stereocenters. The van der Waals surface area contributed by atoms with E-state index in [4.69, 9.17) is 4.74 Å². The lowest BCUT2D eigenvalue weighted by Gasteiger charge is -2.16. The summed E-state index contributed by atoms with van der Waals surface area (Å²) in [5, 5.41) is 3.26. The third-order valence-electron chi connectivity index (χ3n) is 4.97. The van der Waals surface area contributed by atoms with Gasteiger partial charge in [0.1, 0.15) is 0 Å². The van der Waals surface area contributed by atoms with E-state index >= 15 is 0 Å². The van der Waals surface area contributed by atoms with Crippen molar-refractivity contribution in [3.8, 4) is 0 Å². The molecule has 1 saturated heterocycles. The van der Waals surface area contributed by atoms with E-state index in [9.17, 15) is 14.4 Å². The molecule has 1 aliphatic rings. The molecule has 0 saturated carbocycles. The summed E-state index contributed by atoms with van der Waals surface area (Å²) < 4.78 is 5.80. The number of ether oxygens (including phenoxy) is 1. The van der Waals surface area contributed by atoms with Crippen LogP contribution in [0.1, 0.15) is 29.3 Å². The van der Waals surface area contributed by atoms with Crippen molar-refractivity contribution in [2.45, 2.75) is 20.3 Å². The van der Waals surface area contributed by atoms with Crippen LogP contribution in [0.15, 0.2) is 42.5 Å². The average Bonchev–Trinajstić information content (AvgIpc) is 3.31. The summed E-state index contributed by atoms with van der Waals surface area (Å²) in [5.41, 5.74) is 3.04. The summed E-state index contributed by atoms with van der Waals surface area (Å²) in [4.78, 5) is 43.1. The number of aryl methyl sites for hydroxylation is 1. The number of carbonyl (C=O) groups is 3. The van der Waals surface area contributed by atoms with Crippen molar-refractivity contribution in [1.82, 2.24) is 4.98 Å². The number of esters is 1. The highest BCUT2D eigenvalue weighted by molar-refractivity contribution is 7.22. The van der Waals surface area contributed by atoms with Crippen LogP contribution in [0.3, 0.4) is 0 Å². The van der Waals surface area contributed by atoms with E-state index in [1.165, 1.54) is 11.3 Å². The van der Waals surface area contributed by atoms with Crippen LogP contribution in [0.5, 0.6) is 0 Å². The smallest absolute Gasteiger partial charge is 0.338 e. The van der Waals surface area contributed by atoms with E-state index in [-0.39, 0.29) is 24.2 Å². The number of benzene rings is 2. The third kappa shape index (κ3) is 4.04. The molecule has 8 heteroatoms. The SMILES string of the molecule is CCOC(=O)c1ccc2nc(NC(=O)C3CC(=O)N(c4ccc(C)cc4)C3)sc2c1. The summed E-state index contributed by atoms with van der Waals surface area (Å²) in [7, 11) is 0. The number of anilines is 2. The lowest BCUT2D eigenvalue weighted by Crippen LogP contribution is -2.28. The van der Waals surface area contributed by atoms with Gasteiger partial charge in [-0.25, -0.2) is 9.78 Å². The fourth-order valence-corrected chi connectivity index (χ4v) is 4.29. The van der Waals surface area contributed by atoms with E-state index in [2.05, 4.69) is 10.3 Å². The van der Waals surface area contributed by atoms with Crippen LogP contribution < -0.4 is 10.2 Å². The van der Waals surface area contributed by atoms with E-state index in [1.54, 1.807) is 30.0 Å². The maximum absolute atomic E-state index is 12.7. The second-order valence-corrected chi connectivity index (χ2v) is 8.18. The fraction of sp³-hybridized carbons (Fsp3) is 0.273. The molecule has 154 valence electrons. The molecule has 0 spiro atoms. The van der Waals surface area contributed by atoms with Crippen LogP contribution in [0.4, 0.5) is 10.8 Å². The van der Waals surface area contributed by atoms with E-state index in [0.717, 1.165) is 16.0 Å². The summed E-state index contributed by atoms with van der Waals surface area (Å²) in [6, 6.07) is 12.8. The largest absolute Gasteiger partial charge is 0.462 e. The lowest BCUT2D eigenvalue weighted by molar-refractivity contribution is -0.122. The average molecular weight is 423 g/mol. The van der Waals surface area contributed by atoms with Gasteiger partial charge in [0.25, 0.3) is 0 Å². The minimum Gasteiger partial charge on any atom is -0.462 e. The molecule has 1 atom stereocenters. The lowest BCUT2D eigenvalue weighted by atomic mass is 10.1. The summed E-state index contributed by atoms with van der Waals surface area (Å²) in [5.74, 6) is -1.13. The minimum atomic E-state index is -0.444. The van der Waals surface area contributed by atoms with Gasteiger partial charge in [-0.05, 0) is 44.2 Å². The number of fused-ring (bicyclic) bond motifs is 1. The molecule has 1 N–H and O–H groups in total. The first-order chi connectivity index (χ1) is 14.4. The van der Waals surface area contributed by atoms with Crippen LogP contribution in [0.25, 0.3) is 10.2 Å². The van der Waals surface area contributed by atoms with E-state index < -0.39 is 5.92 Å². The van der Waals surface area contributed by atoms with Gasteiger partial charge in [0.05, 0.1) is 28.3 Å². The molecule has 3 aromatic rings. The molecular formula is C22H21N3O4S. The standard InChI is InChI=1S/C22H21N3O4S/c1-3-29-21(28)14-6-9-17-18(10-14)30-22(23-17)24-20(27)15-11-19(26)25(12-15)16-7-4-13(2)5-8-16/h4-10,15H,3,11-12H2,1-2H3,(H,23,24,27). The topological polar surface area (TPSA) is 88.6 Å². The Kier molecular flexibility index (Phi) is 5.50. The Morgan fingerprint density at radius 2 is 2.00 bits per heavy atom. The zero-order valence-electron chi connectivity index (χ0n) is 16.7. The summed E-state index contributed by atoms with van der Waals surface area (Å²) >= 11 is 1.28. The normalized spacial score (nSPS) is 16.1. The molecule has 2 heterocycles. The van der Waals surface area contributed by atoms with E-state index in [0.29, 0.717) is 29.4 Å². The van der Waals surface area contributed by atoms with E-state index in [1.807, 2.05) is 31.2 Å². The predicted molar refractivity (Wildman–Crippen MR) is 116 cm³/mol. The van der Waals surface area contributed by atoms with Crippen LogP contribution in [0, 0.1) is 12.8 Å². The summed E-state index contributed by atoms with van der Waals surface area (Å²) in [6.07, 6.45) is 0.164. The summed E-state index contributed by atoms with van der Waals surface area (Å²) in [6.45, 7) is 4.39. The maximum atomic E-state index is 12.7. The van der Waals surface area contributed by atoms with Crippen molar-refractivity contribution in [3.05, 3.63) is 53.6 Å². The molecular weight excluding hydrogens is 402 g/mol. The van der Waals surface area contributed by atoms with Crippen LogP contribution in [-0.4, -0.2) is 35.9 Å². The number of aromatic nitrogens is 1. The van der Waals surface area contributed by atoms with Gasteiger partial charge in [-0.2, -0.15) is 0 Å². The van der Waals surface area contributed by atoms with Gasteiger partial charge in [0, 0.05) is 18.7 Å². The molecule has 7 nitrogen and oxygen atoms in total. The van der Waals surface area contributed by atoms with Gasteiger partial charge in [-0.15, -0.1) is 0 Å². The minimum absolute atomic E-state index is 0.0672. The Balaban J connectivity index is 1.46. The van der Waals surface area contributed by atoms with Crippen molar-refractivity contribution in [2.24, 2.45) is 5.92 Å². The monoisotopic (exact) mass is 423 g/mol. The first kappa shape index (κ1) is 20.0. The number of thiazole rings is 1. The van der Waals surface area contributed by atoms with Gasteiger partial charge in [-0.3, -0.25) is 9.59 Å². The van der Waals surface area contributed by atoms with Crippen LogP contribution >= 0.6 is 11.3 Å². The Morgan fingerprint density at radius 1 is 1.23 bits per heavy atom. The third-order valence-corrected chi connectivity index (χ3v) is 5.90. The van der Waals surface area contributed by atoms with Crippen molar-refractivity contribution in [1.29, 1.82) is 0 Å². The Morgan fingerprint density at radius 3 is 2.73 bits per heavy atom. The first-order valence-electron chi connectivity index (χ1n) is 9.70. The van der Waals surface area contributed by atoms with Crippen molar-refractivity contribution in [2.75, 3.05) is 23.4 Å².